The van der Waals surface area contributed by atoms with E-state index in [0.717, 1.165) is 39.3 Å². The summed E-state index contributed by atoms with van der Waals surface area (Å²) in [6.07, 6.45) is 3.09. The molecule has 1 rings (SSSR count). The Balaban J connectivity index is 2.37. The normalized spacial score (nSPS) is 25.1. The molecule has 1 aliphatic rings. The summed E-state index contributed by atoms with van der Waals surface area (Å²) < 4.78 is 25.5. The fraction of sp³-hybridized carbons (Fsp3) is 1.00. The van der Waals surface area contributed by atoms with Crippen molar-refractivity contribution in [3.05, 3.63) is 0 Å². The van der Waals surface area contributed by atoms with Gasteiger partial charge in [-0.15, -0.1) is 0 Å². The van der Waals surface area contributed by atoms with Gasteiger partial charge in [-0.25, -0.2) is 8.78 Å². The lowest BCUT2D eigenvalue weighted by molar-refractivity contribution is -0.0192. The molecule has 1 N–H and O–H groups in total. The average Bonchev–Trinajstić information content (AvgIpc) is 2.27. The first kappa shape index (κ1) is 11.9. The van der Waals surface area contributed by atoms with Gasteiger partial charge < -0.3 is 5.32 Å². The highest BCUT2D eigenvalue weighted by molar-refractivity contribution is 4.76. The van der Waals surface area contributed by atoms with E-state index in [0.29, 0.717) is 6.04 Å². The zero-order valence-electron chi connectivity index (χ0n) is 9.02. The lowest BCUT2D eigenvalue weighted by Crippen LogP contribution is -2.39. The molecule has 1 saturated heterocycles. The summed E-state index contributed by atoms with van der Waals surface area (Å²) in [6, 6.07) is 0.316. The zero-order valence-corrected chi connectivity index (χ0v) is 9.02. The first-order valence-corrected chi connectivity index (χ1v) is 5.28. The fourth-order valence-electron chi connectivity index (χ4n) is 2.01. The molecule has 1 atom stereocenters. The summed E-state index contributed by atoms with van der Waals surface area (Å²) >= 11 is 0. The van der Waals surface area contributed by atoms with Crippen LogP contribution in [0.3, 0.4) is 0 Å². The first-order chi connectivity index (χ1) is 6.49. The Morgan fingerprint density at radius 3 is 2.71 bits per heavy atom. The van der Waals surface area contributed by atoms with E-state index in [1.807, 2.05) is 0 Å². The predicted octanol–water partition coefficient (Wildman–Crippen LogP) is 1.72. The van der Waals surface area contributed by atoms with E-state index in [2.05, 4.69) is 5.32 Å². The van der Waals surface area contributed by atoms with E-state index in [1.165, 1.54) is 0 Å². The minimum absolute atomic E-state index is 0.127. The van der Waals surface area contributed by atoms with Gasteiger partial charge in [0.05, 0.1) is 6.54 Å². The first-order valence-electron chi connectivity index (χ1n) is 5.28. The second-order valence-electron chi connectivity index (χ2n) is 4.32. The summed E-state index contributed by atoms with van der Waals surface area (Å²) in [5, 5.41) is 3.28. The van der Waals surface area contributed by atoms with E-state index >= 15 is 0 Å². The number of nitrogens with zero attached hydrogens (tertiary/aromatic N) is 1. The SMILES string of the molecule is CN(CC(C)(F)F)C1CCCNCC1. The molecule has 1 fully saturated rings. The van der Waals surface area contributed by atoms with Gasteiger partial charge in [0.15, 0.2) is 0 Å². The zero-order chi connectivity index (χ0) is 10.6. The molecule has 4 heteroatoms. The molecule has 0 amide bonds. The molecule has 1 unspecified atom stereocenters. The van der Waals surface area contributed by atoms with E-state index in [4.69, 9.17) is 0 Å². The van der Waals surface area contributed by atoms with Crippen LogP contribution >= 0.6 is 0 Å². The van der Waals surface area contributed by atoms with Gasteiger partial charge in [0, 0.05) is 13.0 Å². The molecule has 0 aromatic heterocycles. The Bertz CT molecular complexity index is 160. The van der Waals surface area contributed by atoms with Gasteiger partial charge in [-0.05, 0) is 39.4 Å². The molecule has 1 heterocycles. The maximum Gasteiger partial charge on any atom is 0.257 e. The molecular weight excluding hydrogens is 186 g/mol. The van der Waals surface area contributed by atoms with Crippen molar-refractivity contribution in [2.75, 3.05) is 26.7 Å². The Hall–Kier alpha value is -0.220. The topological polar surface area (TPSA) is 15.3 Å². The predicted molar refractivity (Wildman–Crippen MR) is 53.8 cm³/mol. The fourth-order valence-corrected chi connectivity index (χ4v) is 2.01. The molecule has 14 heavy (non-hydrogen) atoms. The molecule has 2 nitrogen and oxygen atoms in total. The Morgan fingerprint density at radius 2 is 2.07 bits per heavy atom. The smallest absolute Gasteiger partial charge is 0.257 e. The summed E-state index contributed by atoms with van der Waals surface area (Å²) in [4.78, 5) is 1.80. The van der Waals surface area contributed by atoms with Crippen LogP contribution in [0.25, 0.3) is 0 Å². The lowest BCUT2D eigenvalue weighted by atomic mass is 10.1. The molecule has 0 aromatic carbocycles. The number of hydrogen-bond acceptors (Lipinski definition) is 2. The molecule has 0 aliphatic carbocycles. The van der Waals surface area contributed by atoms with E-state index in [-0.39, 0.29) is 6.54 Å². The molecule has 0 saturated carbocycles. The second-order valence-corrected chi connectivity index (χ2v) is 4.32. The minimum atomic E-state index is -2.57. The van der Waals surface area contributed by atoms with E-state index in [9.17, 15) is 8.78 Å². The highest BCUT2D eigenvalue weighted by Crippen LogP contribution is 2.18. The Kier molecular flexibility index (Phi) is 4.26. The molecule has 0 radical (unpaired) electrons. The maximum atomic E-state index is 12.8. The maximum absolute atomic E-state index is 12.8. The third-order valence-corrected chi connectivity index (χ3v) is 2.70. The number of alkyl halides is 2. The molecule has 1 aliphatic heterocycles. The average molecular weight is 206 g/mol. The second kappa shape index (κ2) is 5.03. The van der Waals surface area contributed by atoms with Crippen molar-refractivity contribution >= 4 is 0 Å². The molecular formula is C10H20F2N2. The summed E-state index contributed by atoms with van der Waals surface area (Å²) in [5.74, 6) is -2.57. The molecule has 0 spiro atoms. The number of nitrogens with one attached hydrogen (secondary N) is 1. The number of rotatable bonds is 3. The van der Waals surface area contributed by atoms with Gasteiger partial charge in [-0.3, -0.25) is 4.90 Å². The lowest BCUT2D eigenvalue weighted by Gasteiger charge is -2.28. The monoisotopic (exact) mass is 206 g/mol. The van der Waals surface area contributed by atoms with Crippen LogP contribution in [0, 0.1) is 0 Å². The van der Waals surface area contributed by atoms with Gasteiger partial charge in [0.25, 0.3) is 5.92 Å². The van der Waals surface area contributed by atoms with Gasteiger partial charge in [0.2, 0.25) is 0 Å². The van der Waals surface area contributed by atoms with Crippen molar-refractivity contribution in [2.24, 2.45) is 0 Å². The number of halogens is 2. The van der Waals surface area contributed by atoms with Crippen LogP contribution in [0.5, 0.6) is 0 Å². The molecule has 0 aromatic rings. The van der Waals surface area contributed by atoms with Crippen LogP contribution in [-0.2, 0) is 0 Å². The van der Waals surface area contributed by atoms with Crippen LogP contribution in [0.2, 0.25) is 0 Å². The number of hydrogen-bond donors (Lipinski definition) is 1. The van der Waals surface area contributed by atoms with Crippen molar-refractivity contribution in [2.45, 2.75) is 38.2 Å². The molecule has 84 valence electrons. The van der Waals surface area contributed by atoms with Crippen molar-refractivity contribution in [3.63, 3.8) is 0 Å². The van der Waals surface area contributed by atoms with Crippen molar-refractivity contribution < 1.29 is 8.78 Å². The van der Waals surface area contributed by atoms with Gasteiger partial charge >= 0.3 is 0 Å². The van der Waals surface area contributed by atoms with Gasteiger partial charge in [-0.2, -0.15) is 0 Å². The highest BCUT2D eigenvalue weighted by Gasteiger charge is 2.27. The summed E-state index contributed by atoms with van der Waals surface area (Å²) in [6.45, 7) is 2.83. The quantitative estimate of drug-likeness (QED) is 0.756. The third-order valence-electron chi connectivity index (χ3n) is 2.70. The third kappa shape index (κ3) is 4.33. The van der Waals surface area contributed by atoms with Gasteiger partial charge in [0.1, 0.15) is 0 Å². The summed E-state index contributed by atoms with van der Waals surface area (Å²) in [7, 11) is 1.80. The van der Waals surface area contributed by atoms with Crippen LogP contribution in [-0.4, -0.2) is 43.5 Å². The van der Waals surface area contributed by atoms with Crippen molar-refractivity contribution in [1.29, 1.82) is 0 Å². The van der Waals surface area contributed by atoms with Gasteiger partial charge in [-0.1, -0.05) is 0 Å². The standard InChI is InChI=1S/C10H20F2N2/c1-10(11,12)8-14(2)9-4-3-6-13-7-5-9/h9,13H,3-8H2,1-2H3. The van der Waals surface area contributed by atoms with E-state index in [1.54, 1.807) is 11.9 Å². The van der Waals surface area contributed by atoms with Crippen molar-refractivity contribution in [3.8, 4) is 0 Å². The van der Waals surface area contributed by atoms with Crippen LogP contribution in [0.15, 0.2) is 0 Å². The minimum Gasteiger partial charge on any atom is -0.317 e. The molecule has 0 bridgehead atoms. The van der Waals surface area contributed by atoms with E-state index < -0.39 is 5.92 Å². The van der Waals surface area contributed by atoms with Crippen LogP contribution in [0.4, 0.5) is 8.78 Å². The largest absolute Gasteiger partial charge is 0.317 e. The Labute approximate surface area is 84.7 Å². The van der Waals surface area contributed by atoms with Crippen LogP contribution < -0.4 is 5.32 Å². The highest BCUT2D eigenvalue weighted by atomic mass is 19.3. The summed E-state index contributed by atoms with van der Waals surface area (Å²) in [5.41, 5.74) is 0. The van der Waals surface area contributed by atoms with Crippen LogP contribution in [0.1, 0.15) is 26.2 Å². The van der Waals surface area contributed by atoms with Crippen molar-refractivity contribution in [1.82, 2.24) is 10.2 Å². The Morgan fingerprint density at radius 1 is 1.36 bits per heavy atom.